The topological polar surface area (TPSA) is 96.1 Å². The highest BCUT2D eigenvalue weighted by atomic mass is 35.5. The second kappa shape index (κ2) is 10.5. The number of pyridine rings is 1. The minimum Gasteiger partial charge on any atom is -0.463 e. The minimum absolute atomic E-state index is 0.0185. The monoisotopic (exact) mass is 474 g/mol. The van der Waals surface area contributed by atoms with Crippen molar-refractivity contribution < 1.29 is 14.3 Å². The quantitative estimate of drug-likeness (QED) is 0.388. The number of H-pyrrole nitrogens is 1. The highest BCUT2D eigenvalue weighted by Crippen LogP contribution is 2.30. The maximum absolute atomic E-state index is 12.9. The summed E-state index contributed by atoms with van der Waals surface area (Å²) in [5.41, 5.74) is 2.54. The minimum atomic E-state index is -0.566. The third kappa shape index (κ3) is 6.24. The van der Waals surface area contributed by atoms with Gasteiger partial charge in [-0.2, -0.15) is 0 Å². The molecule has 32 heavy (non-hydrogen) atoms. The van der Waals surface area contributed by atoms with Crippen molar-refractivity contribution in [1.82, 2.24) is 15.3 Å². The first kappa shape index (κ1) is 23.6. The summed E-state index contributed by atoms with van der Waals surface area (Å²) >= 11 is 12.4. The number of carbonyl (C=O) groups excluding carboxylic acids is 2. The van der Waals surface area contributed by atoms with Crippen LogP contribution in [0.3, 0.4) is 0 Å². The number of carbonyl (C=O) groups is 2. The van der Waals surface area contributed by atoms with E-state index in [4.69, 9.17) is 27.9 Å². The fourth-order valence-corrected chi connectivity index (χ4v) is 3.51. The van der Waals surface area contributed by atoms with Gasteiger partial charge in [0.2, 0.25) is 0 Å². The molecule has 2 heterocycles. The van der Waals surface area contributed by atoms with Gasteiger partial charge < -0.3 is 20.4 Å². The summed E-state index contributed by atoms with van der Waals surface area (Å²) in [5.74, 6) is -0.111. The van der Waals surface area contributed by atoms with Crippen LogP contribution in [0.15, 0.2) is 48.8 Å². The normalized spacial score (nSPS) is 11.8. The summed E-state index contributed by atoms with van der Waals surface area (Å²) in [4.78, 5) is 31.5. The number of nitrogens with one attached hydrogen (secondary N) is 3. The Labute approximate surface area is 196 Å². The van der Waals surface area contributed by atoms with Crippen LogP contribution in [0.4, 0.5) is 5.82 Å². The highest BCUT2D eigenvalue weighted by Gasteiger charge is 2.19. The number of hydrogen-bond acceptors (Lipinski definition) is 5. The van der Waals surface area contributed by atoms with Crippen molar-refractivity contribution in [2.75, 3.05) is 11.9 Å². The molecule has 1 amide bonds. The smallest absolute Gasteiger partial charge is 0.302 e. The van der Waals surface area contributed by atoms with Gasteiger partial charge in [0, 0.05) is 41.5 Å². The van der Waals surface area contributed by atoms with Crippen LogP contribution in [0.2, 0.25) is 10.0 Å². The molecule has 7 nitrogen and oxygen atoms in total. The van der Waals surface area contributed by atoms with Crippen molar-refractivity contribution in [2.45, 2.75) is 32.9 Å². The Bertz CT molecular complexity index is 1110. The molecule has 9 heteroatoms. The maximum Gasteiger partial charge on any atom is 0.302 e. The number of benzene rings is 1. The van der Waals surface area contributed by atoms with Crippen LogP contribution in [0.25, 0.3) is 11.1 Å². The van der Waals surface area contributed by atoms with Crippen molar-refractivity contribution in [3.8, 4) is 11.1 Å². The third-order valence-corrected chi connectivity index (χ3v) is 5.08. The molecular formula is C23H24Cl2N4O3. The Morgan fingerprint density at radius 3 is 2.66 bits per heavy atom. The molecule has 0 spiro atoms. The van der Waals surface area contributed by atoms with E-state index in [2.05, 4.69) is 20.6 Å². The molecule has 0 saturated carbocycles. The number of ether oxygens (including phenoxy) is 1. The maximum atomic E-state index is 12.9. The number of aromatic amines is 1. The Morgan fingerprint density at radius 2 is 1.97 bits per heavy atom. The van der Waals surface area contributed by atoms with E-state index in [0.717, 1.165) is 16.7 Å². The molecule has 0 radical (unpaired) electrons. The largest absolute Gasteiger partial charge is 0.463 e. The van der Waals surface area contributed by atoms with Gasteiger partial charge in [-0.05, 0) is 43.7 Å². The zero-order chi connectivity index (χ0) is 23.3. The molecule has 0 aliphatic rings. The summed E-state index contributed by atoms with van der Waals surface area (Å²) in [6.07, 6.45) is 3.28. The lowest BCUT2D eigenvalue weighted by atomic mass is 10.1. The van der Waals surface area contributed by atoms with Crippen LogP contribution in [-0.2, 0) is 9.53 Å². The number of aromatic nitrogens is 2. The second-order valence-corrected chi connectivity index (χ2v) is 8.38. The van der Waals surface area contributed by atoms with E-state index in [9.17, 15) is 9.59 Å². The van der Waals surface area contributed by atoms with E-state index in [-0.39, 0.29) is 18.6 Å². The van der Waals surface area contributed by atoms with Gasteiger partial charge in [-0.15, -0.1) is 0 Å². The van der Waals surface area contributed by atoms with Gasteiger partial charge in [0.25, 0.3) is 5.91 Å². The van der Waals surface area contributed by atoms with E-state index >= 15 is 0 Å². The summed E-state index contributed by atoms with van der Waals surface area (Å²) in [7, 11) is 0. The molecule has 3 aromatic rings. The summed E-state index contributed by atoms with van der Waals surface area (Å²) < 4.78 is 5.13. The van der Waals surface area contributed by atoms with Crippen LogP contribution >= 0.6 is 23.2 Å². The number of halogens is 2. The molecule has 1 atom stereocenters. The van der Waals surface area contributed by atoms with Gasteiger partial charge in [0.15, 0.2) is 0 Å². The Kier molecular flexibility index (Phi) is 7.77. The number of rotatable bonds is 8. The van der Waals surface area contributed by atoms with Gasteiger partial charge in [-0.1, -0.05) is 35.3 Å². The zero-order valence-electron chi connectivity index (χ0n) is 17.9. The first-order valence-electron chi connectivity index (χ1n) is 10.0. The molecule has 168 valence electrons. The van der Waals surface area contributed by atoms with Gasteiger partial charge in [-0.25, -0.2) is 4.98 Å². The number of hydrogen-bond donors (Lipinski definition) is 3. The second-order valence-electron chi connectivity index (χ2n) is 7.53. The highest BCUT2D eigenvalue weighted by molar-refractivity contribution is 6.33. The molecule has 0 fully saturated rings. The summed E-state index contributed by atoms with van der Waals surface area (Å²) in [6, 6.07) is 10.2. The number of esters is 1. The van der Waals surface area contributed by atoms with Gasteiger partial charge in [0.05, 0.1) is 11.1 Å². The predicted octanol–water partition coefficient (Wildman–Crippen LogP) is 5.24. The van der Waals surface area contributed by atoms with E-state index in [1.807, 2.05) is 19.9 Å². The SMILES string of the molecule is CC(=O)OC[C@@H](NC(=O)c1cc(-c2cc(NC(C)C)ncc2Cl)c[nH]1)c1cccc(Cl)c1. The lowest BCUT2D eigenvalue weighted by molar-refractivity contribution is -0.141. The summed E-state index contributed by atoms with van der Waals surface area (Å²) in [5, 5.41) is 7.11. The van der Waals surface area contributed by atoms with E-state index < -0.39 is 12.0 Å². The van der Waals surface area contributed by atoms with Crippen LogP contribution in [-0.4, -0.2) is 34.5 Å². The number of anilines is 1. The Morgan fingerprint density at radius 1 is 1.19 bits per heavy atom. The molecular weight excluding hydrogens is 451 g/mol. The molecule has 3 rings (SSSR count). The van der Waals surface area contributed by atoms with Crippen molar-refractivity contribution in [3.63, 3.8) is 0 Å². The Hall–Kier alpha value is -3.03. The fourth-order valence-electron chi connectivity index (χ4n) is 3.10. The van der Waals surface area contributed by atoms with Crippen LogP contribution < -0.4 is 10.6 Å². The van der Waals surface area contributed by atoms with Gasteiger partial charge >= 0.3 is 5.97 Å². The molecule has 2 aromatic heterocycles. The first-order valence-corrected chi connectivity index (χ1v) is 10.8. The summed E-state index contributed by atoms with van der Waals surface area (Å²) in [6.45, 7) is 5.33. The van der Waals surface area contributed by atoms with Crippen molar-refractivity contribution in [3.05, 3.63) is 70.1 Å². The van der Waals surface area contributed by atoms with E-state index in [1.165, 1.54) is 6.92 Å². The fraction of sp³-hybridized carbons (Fsp3) is 0.261. The Balaban J connectivity index is 1.81. The van der Waals surface area contributed by atoms with Gasteiger partial charge in [0.1, 0.15) is 18.1 Å². The van der Waals surface area contributed by atoms with Crippen LogP contribution in [0.5, 0.6) is 0 Å². The van der Waals surface area contributed by atoms with Crippen molar-refractivity contribution in [1.29, 1.82) is 0 Å². The van der Waals surface area contributed by atoms with Crippen LogP contribution in [0, 0.1) is 0 Å². The average Bonchev–Trinajstić information content (AvgIpc) is 3.22. The molecule has 0 aliphatic carbocycles. The number of amides is 1. The molecule has 0 saturated heterocycles. The zero-order valence-corrected chi connectivity index (χ0v) is 19.4. The lowest BCUT2D eigenvalue weighted by Crippen LogP contribution is -2.32. The molecule has 3 N–H and O–H groups in total. The standard InChI is InChI=1S/C23H24Cl2N4O3/c1-13(2)28-22-9-18(19(25)11-27-22)16-8-20(26-10-16)23(31)29-21(12-32-14(3)30)15-5-4-6-17(24)7-15/h4-11,13,21,26H,12H2,1-3H3,(H,27,28)(H,29,31)/t21-/m1/s1. The third-order valence-electron chi connectivity index (χ3n) is 4.54. The molecule has 0 unspecified atom stereocenters. The van der Waals surface area contributed by atoms with Crippen molar-refractivity contribution in [2.24, 2.45) is 0 Å². The van der Waals surface area contributed by atoms with Gasteiger partial charge in [-0.3, -0.25) is 9.59 Å². The van der Waals surface area contributed by atoms with Crippen molar-refractivity contribution >= 4 is 40.9 Å². The first-order chi connectivity index (χ1) is 15.2. The molecule has 0 aliphatic heterocycles. The predicted molar refractivity (Wildman–Crippen MR) is 126 cm³/mol. The number of nitrogens with zero attached hydrogens (tertiary/aromatic N) is 1. The average molecular weight is 475 g/mol. The van der Waals surface area contributed by atoms with E-state index in [1.54, 1.807) is 42.7 Å². The molecule has 0 bridgehead atoms. The lowest BCUT2D eigenvalue weighted by Gasteiger charge is -2.19. The molecule has 1 aromatic carbocycles. The van der Waals surface area contributed by atoms with Crippen LogP contribution in [0.1, 0.15) is 42.9 Å². The van der Waals surface area contributed by atoms with E-state index in [0.29, 0.717) is 21.6 Å².